The number of carbonyl (C=O) groups excluding carboxylic acids is 1. The third-order valence-electron chi connectivity index (χ3n) is 3.20. The Morgan fingerprint density at radius 1 is 1.17 bits per heavy atom. The van der Waals surface area contributed by atoms with Crippen LogP contribution in [0, 0.1) is 12.8 Å². The number of hydrogen-bond acceptors (Lipinski definition) is 1. The Morgan fingerprint density at radius 3 is 2.44 bits per heavy atom. The van der Waals surface area contributed by atoms with Gasteiger partial charge in [0.25, 0.3) is 0 Å². The third-order valence-corrected chi connectivity index (χ3v) is 3.20. The molecule has 1 amide bonds. The first-order chi connectivity index (χ1) is 8.49. The average Bonchev–Trinajstić information content (AvgIpc) is 2.29. The Kier molecular flexibility index (Phi) is 5.90. The Balaban J connectivity index is 2.40. The predicted molar refractivity (Wildman–Crippen MR) is 76.6 cm³/mol. The lowest BCUT2D eigenvalue weighted by molar-refractivity contribution is -0.121. The number of amides is 1. The zero-order chi connectivity index (χ0) is 13.5. The highest BCUT2D eigenvalue weighted by molar-refractivity contribution is 5.79. The highest BCUT2D eigenvalue weighted by atomic mass is 16.1. The van der Waals surface area contributed by atoms with Crippen LogP contribution >= 0.6 is 0 Å². The number of carbonyl (C=O) groups is 1. The van der Waals surface area contributed by atoms with Gasteiger partial charge in [-0.2, -0.15) is 0 Å². The van der Waals surface area contributed by atoms with Crippen molar-refractivity contribution in [1.82, 2.24) is 5.32 Å². The zero-order valence-electron chi connectivity index (χ0n) is 12.0. The molecule has 0 aliphatic heterocycles. The SMILES string of the molecule is Cc1ccccc1CC(=O)NC(C)CCC(C)C. The first-order valence-corrected chi connectivity index (χ1v) is 6.83. The summed E-state index contributed by atoms with van der Waals surface area (Å²) in [4.78, 5) is 11.9. The zero-order valence-corrected chi connectivity index (χ0v) is 12.0. The molecule has 1 aromatic carbocycles. The standard InChI is InChI=1S/C16H25NO/c1-12(2)9-10-14(4)17-16(18)11-15-8-6-5-7-13(15)3/h5-8,12,14H,9-11H2,1-4H3,(H,17,18). The summed E-state index contributed by atoms with van der Waals surface area (Å²) in [6.45, 7) is 8.55. The van der Waals surface area contributed by atoms with Gasteiger partial charge in [-0.15, -0.1) is 0 Å². The van der Waals surface area contributed by atoms with Crippen LogP contribution in [0.2, 0.25) is 0 Å². The van der Waals surface area contributed by atoms with Crippen molar-refractivity contribution >= 4 is 5.91 Å². The van der Waals surface area contributed by atoms with E-state index in [4.69, 9.17) is 0 Å². The molecule has 0 spiro atoms. The van der Waals surface area contributed by atoms with E-state index in [1.165, 1.54) is 5.56 Å². The van der Waals surface area contributed by atoms with Crippen LogP contribution in [0.25, 0.3) is 0 Å². The van der Waals surface area contributed by atoms with E-state index in [0.717, 1.165) is 18.4 Å². The lowest BCUT2D eigenvalue weighted by Crippen LogP contribution is -2.34. The van der Waals surface area contributed by atoms with Crippen LogP contribution in [0.15, 0.2) is 24.3 Å². The van der Waals surface area contributed by atoms with E-state index >= 15 is 0 Å². The van der Waals surface area contributed by atoms with Gasteiger partial charge in [-0.1, -0.05) is 38.1 Å². The maximum absolute atomic E-state index is 11.9. The number of aryl methyl sites for hydroxylation is 1. The monoisotopic (exact) mass is 247 g/mol. The first-order valence-electron chi connectivity index (χ1n) is 6.83. The second kappa shape index (κ2) is 7.20. The molecule has 0 aromatic heterocycles. The molecule has 100 valence electrons. The van der Waals surface area contributed by atoms with Crippen molar-refractivity contribution in [2.75, 3.05) is 0 Å². The van der Waals surface area contributed by atoms with E-state index in [1.807, 2.05) is 31.2 Å². The Morgan fingerprint density at radius 2 is 1.83 bits per heavy atom. The molecule has 0 saturated carbocycles. The number of rotatable bonds is 6. The topological polar surface area (TPSA) is 29.1 Å². The summed E-state index contributed by atoms with van der Waals surface area (Å²) >= 11 is 0. The molecule has 1 N–H and O–H groups in total. The fourth-order valence-electron chi connectivity index (χ4n) is 1.96. The second-order valence-electron chi connectivity index (χ2n) is 5.54. The van der Waals surface area contributed by atoms with Crippen molar-refractivity contribution in [2.45, 2.75) is 53.0 Å². The molecule has 0 radical (unpaired) electrons. The van der Waals surface area contributed by atoms with Crippen LogP contribution in [0.5, 0.6) is 0 Å². The Labute approximate surface area is 111 Å². The minimum absolute atomic E-state index is 0.126. The van der Waals surface area contributed by atoms with E-state index in [2.05, 4.69) is 26.1 Å². The lowest BCUT2D eigenvalue weighted by Gasteiger charge is -2.15. The summed E-state index contributed by atoms with van der Waals surface area (Å²) in [6.07, 6.45) is 2.70. The quantitative estimate of drug-likeness (QED) is 0.819. The minimum Gasteiger partial charge on any atom is -0.353 e. The molecule has 2 heteroatoms. The summed E-state index contributed by atoms with van der Waals surface area (Å²) in [5, 5.41) is 3.07. The first kappa shape index (κ1) is 14.7. The van der Waals surface area contributed by atoms with Crippen LogP contribution in [-0.4, -0.2) is 11.9 Å². The lowest BCUT2D eigenvalue weighted by atomic mass is 10.0. The summed E-state index contributed by atoms with van der Waals surface area (Å²) in [5.41, 5.74) is 2.30. The van der Waals surface area contributed by atoms with Gasteiger partial charge in [0.05, 0.1) is 6.42 Å². The summed E-state index contributed by atoms with van der Waals surface area (Å²) in [6, 6.07) is 8.32. The minimum atomic E-state index is 0.126. The van der Waals surface area contributed by atoms with Crippen molar-refractivity contribution in [3.63, 3.8) is 0 Å². The molecule has 1 atom stereocenters. The van der Waals surface area contributed by atoms with Gasteiger partial charge in [0.15, 0.2) is 0 Å². The Hall–Kier alpha value is -1.31. The van der Waals surface area contributed by atoms with Crippen molar-refractivity contribution in [3.8, 4) is 0 Å². The van der Waals surface area contributed by atoms with Crippen molar-refractivity contribution in [1.29, 1.82) is 0 Å². The van der Waals surface area contributed by atoms with Gasteiger partial charge < -0.3 is 5.32 Å². The summed E-state index contributed by atoms with van der Waals surface area (Å²) in [7, 11) is 0. The van der Waals surface area contributed by atoms with Crippen molar-refractivity contribution < 1.29 is 4.79 Å². The van der Waals surface area contributed by atoms with Crippen LogP contribution in [0.4, 0.5) is 0 Å². The van der Waals surface area contributed by atoms with E-state index in [9.17, 15) is 4.79 Å². The molecule has 18 heavy (non-hydrogen) atoms. The van der Waals surface area contributed by atoms with E-state index in [1.54, 1.807) is 0 Å². The fourth-order valence-corrected chi connectivity index (χ4v) is 1.96. The fraction of sp³-hybridized carbons (Fsp3) is 0.562. The summed E-state index contributed by atoms with van der Waals surface area (Å²) in [5.74, 6) is 0.821. The van der Waals surface area contributed by atoms with Gasteiger partial charge in [-0.25, -0.2) is 0 Å². The molecular formula is C16H25NO. The van der Waals surface area contributed by atoms with Gasteiger partial charge in [0.2, 0.25) is 5.91 Å². The Bertz CT molecular complexity index is 384. The van der Waals surface area contributed by atoms with E-state index < -0.39 is 0 Å². The predicted octanol–water partition coefficient (Wildman–Crippen LogP) is 3.48. The van der Waals surface area contributed by atoms with Gasteiger partial charge in [0, 0.05) is 6.04 Å². The van der Waals surface area contributed by atoms with Gasteiger partial charge in [-0.05, 0) is 43.7 Å². The number of benzene rings is 1. The largest absolute Gasteiger partial charge is 0.353 e. The molecular weight excluding hydrogens is 222 g/mol. The second-order valence-corrected chi connectivity index (χ2v) is 5.54. The van der Waals surface area contributed by atoms with Gasteiger partial charge in [-0.3, -0.25) is 4.79 Å². The molecule has 2 nitrogen and oxygen atoms in total. The smallest absolute Gasteiger partial charge is 0.224 e. The molecule has 1 unspecified atom stereocenters. The third kappa shape index (κ3) is 5.35. The number of hydrogen-bond donors (Lipinski definition) is 1. The number of nitrogens with one attached hydrogen (secondary N) is 1. The maximum Gasteiger partial charge on any atom is 0.224 e. The molecule has 0 aliphatic carbocycles. The molecule has 0 heterocycles. The van der Waals surface area contributed by atoms with Crippen molar-refractivity contribution in [2.24, 2.45) is 5.92 Å². The van der Waals surface area contributed by atoms with Crippen LogP contribution in [0.1, 0.15) is 44.7 Å². The molecule has 1 rings (SSSR count). The molecule has 0 aliphatic rings. The van der Waals surface area contributed by atoms with E-state index in [0.29, 0.717) is 12.3 Å². The van der Waals surface area contributed by atoms with Crippen molar-refractivity contribution in [3.05, 3.63) is 35.4 Å². The normalized spacial score (nSPS) is 12.5. The van der Waals surface area contributed by atoms with E-state index in [-0.39, 0.29) is 11.9 Å². The average molecular weight is 247 g/mol. The maximum atomic E-state index is 11.9. The van der Waals surface area contributed by atoms with Crippen LogP contribution in [-0.2, 0) is 11.2 Å². The molecule has 0 bridgehead atoms. The van der Waals surface area contributed by atoms with Crippen LogP contribution in [0.3, 0.4) is 0 Å². The molecule has 0 saturated heterocycles. The highest BCUT2D eigenvalue weighted by Crippen LogP contribution is 2.09. The van der Waals surface area contributed by atoms with Gasteiger partial charge >= 0.3 is 0 Å². The van der Waals surface area contributed by atoms with Crippen LogP contribution < -0.4 is 5.32 Å². The summed E-state index contributed by atoms with van der Waals surface area (Å²) < 4.78 is 0. The molecule has 0 fully saturated rings. The van der Waals surface area contributed by atoms with Gasteiger partial charge in [0.1, 0.15) is 0 Å². The molecule has 1 aromatic rings. The highest BCUT2D eigenvalue weighted by Gasteiger charge is 2.09.